The summed E-state index contributed by atoms with van der Waals surface area (Å²) in [5.41, 5.74) is 2.06. The fraction of sp³-hybridized carbons (Fsp3) is 0.111. The quantitative estimate of drug-likeness (QED) is 0.754. The molecule has 0 spiro atoms. The Bertz CT molecular complexity index is 800. The molecule has 0 aliphatic carbocycles. The third-order valence-corrected chi connectivity index (χ3v) is 4.08. The fourth-order valence-corrected chi connectivity index (χ4v) is 2.94. The third-order valence-electron chi connectivity index (χ3n) is 3.19. The van der Waals surface area contributed by atoms with Crippen LogP contribution >= 0.6 is 11.3 Å². The standard InChI is InChI=1S/C18H16N2O2S/c1-2-22-16-11-7-6-10-14(16)19-17(21)15-12-23-18(20-15)13-8-4-3-5-9-13/h3-12H,2H2,1H3,(H,19,21). The van der Waals surface area contributed by atoms with Crippen LogP contribution in [0.2, 0.25) is 0 Å². The first-order valence-corrected chi connectivity index (χ1v) is 8.20. The molecule has 3 aromatic rings. The molecule has 1 N–H and O–H groups in total. The molecule has 4 nitrogen and oxygen atoms in total. The first-order valence-electron chi connectivity index (χ1n) is 7.32. The lowest BCUT2D eigenvalue weighted by molar-refractivity contribution is 0.102. The minimum atomic E-state index is -0.240. The Balaban J connectivity index is 1.78. The average molecular weight is 324 g/mol. The van der Waals surface area contributed by atoms with Crippen LogP contribution in [-0.4, -0.2) is 17.5 Å². The van der Waals surface area contributed by atoms with Crippen molar-refractivity contribution in [2.24, 2.45) is 0 Å². The zero-order chi connectivity index (χ0) is 16.1. The Morgan fingerprint density at radius 2 is 1.87 bits per heavy atom. The van der Waals surface area contributed by atoms with E-state index in [1.165, 1.54) is 11.3 Å². The smallest absolute Gasteiger partial charge is 0.275 e. The van der Waals surface area contributed by atoms with Crippen molar-refractivity contribution < 1.29 is 9.53 Å². The second-order valence-electron chi connectivity index (χ2n) is 4.79. The van der Waals surface area contributed by atoms with Crippen LogP contribution in [0.1, 0.15) is 17.4 Å². The molecule has 0 radical (unpaired) electrons. The zero-order valence-electron chi connectivity index (χ0n) is 12.7. The van der Waals surface area contributed by atoms with Gasteiger partial charge < -0.3 is 10.1 Å². The van der Waals surface area contributed by atoms with Crippen molar-refractivity contribution in [1.29, 1.82) is 0 Å². The number of hydrogen-bond donors (Lipinski definition) is 1. The van der Waals surface area contributed by atoms with Crippen LogP contribution in [0.4, 0.5) is 5.69 Å². The predicted molar refractivity (Wildman–Crippen MR) is 93.1 cm³/mol. The van der Waals surface area contributed by atoms with Gasteiger partial charge in [0.15, 0.2) is 0 Å². The Kier molecular flexibility index (Phi) is 4.68. The van der Waals surface area contributed by atoms with Crippen LogP contribution in [0, 0.1) is 0 Å². The largest absolute Gasteiger partial charge is 0.492 e. The fourth-order valence-electron chi connectivity index (χ4n) is 2.13. The van der Waals surface area contributed by atoms with Crippen LogP contribution < -0.4 is 10.1 Å². The molecular formula is C18H16N2O2S. The second-order valence-corrected chi connectivity index (χ2v) is 5.65. The first-order chi connectivity index (χ1) is 11.3. The molecule has 0 fully saturated rings. The molecule has 1 aromatic heterocycles. The van der Waals surface area contributed by atoms with E-state index >= 15 is 0 Å². The van der Waals surface area contributed by atoms with Crippen molar-refractivity contribution in [3.05, 3.63) is 65.7 Å². The molecule has 116 valence electrons. The summed E-state index contributed by atoms with van der Waals surface area (Å²) in [5, 5.41) is 5.45. The van der Waals surface area contributed by atoms with Crippen LogP contribution in [0.15, 0.2) is 60.0 Å². The number of nitrogens with one attached hydrogen (secondary N) is 1. The van der Waals surface area contributed by atoms with Gasteiger partial charge in [0.25, 0.3) is 5.91 Å². The number of carbonyl (C=O) groups excluding carboxylic acids is 1. The van der Waals surface area contributed by atoms with Crippen molar-refractivity contribution in [2.75, 3.05) is 11.9 Å². The molecular weight excluding hydrogens is 308 g/mol. The molecule has 1 amide bonds. The minimum absolute atomic E-state index is 0.240. The highest BCUT2D eigenvalue weighted by molar-refractivity contribution is 7.13. The summed E-state index contributed by atoms with van der Waals surface area (Å²) >= 11 is 1.45. The van der Waals surface area contributed by atoms with Crippen molar-refractivity contribution >= 4 is 22.9 Å². The van der Waals surface area contributed by atoms with Gasteiger partial charge in [-0.05, 0) is 19.1 Å². The SMILES string of the molecule is CCOc1ccccc1NC(=O)c1csc(-c2ccccc2)n1. The van der Waals surface area contributed by atoms with Gasteiger partial charge in [-0.3, -0.25) is 4.79 Å². The molecule has 3 rings (SSSR count). The number of rotatable bonds is 5. The number of nitrogens with zero attached hydrogens (tertiary/aromatic N) is 1. The summed E-state index contributed by atoms with van der Waals surface area (Å²) in [6.45, 7) is 2.45. The predicted octanol–water partition coefficient (Wildman–Crippen LogP) is 4.46. The summed E-state index contributed by atoms with van der Waals surface area (Å²) in [6.07, 6.45) is 0. The molecule has 0 atom stereocenters. The van der Waals surface area contributed by atoms with Crippen molar-refractivity contribution in [3.8, 4) is 16.3 Å². The maximum atomic E-state index is 12.4. The van der Waals surface area contributed by atoms with Gasteiger partial charge in [0.1, 0.15) is 16.5 Å². The van der Waals surface area contributed by atoms with Gasteiger partial charge in [-0.1, -0.05) is 42.5 Å². The number of ether oxygens (including phenoxy) is 1. The van der Waals surface area contributed by atoms with E-state index in [4.69, 9.17) is 4.74 Å². The van der Waals surface area contributed by atoms with E-state index in [0.717, 1.165) is 10.6 Å². The van der Waals surface area contributed by atoms with Gasteiger partial charge in [0.2, 0.25) is 0 Å². The van der Waals surface area contributed by atoms with E-state index in [2.05, 4.69) is 10.3 Å². The average Bonchev–Trinajstić information content (AvgIpc) is 3.08. The lowest BCUT2D eigenvalue weighted by Gasteiger charge is -2.10. The highest BCUT2D eigenvalue weighted by Gasteiger charge is 2.13. The van der Waals surface area contributed by atoms with E-state index in [9.17, 15) is 4.79 Å². The molecule has 1 heterocycles. The lowest BCUT2D eigenvalue weighted by Crippen LogP contribution is -2.13. The normalized spacial score (nSPS) is 10.3. The molecule has 2 aromatic carbocycles. The number of carbonyl (C=O) groups is 1. The van der Waals surface area contributed by atoms with Crippen LogP contribution in [-0.2, 0) is 0 Å². The second kappa shape index (κ2) is 7.07. The van der Waals surface area contributed by atoms with Crippen LogP contribution in [0.3, 0.4) is 0 Å². The van der Waals surface area contributed by atoms with Gasteiger partial charge >= 0.3 is 0 Å². The number of hydrogen-bond acceptors (Lipinski definition) is 4. The number of para-hydroxylation sites is 2. The monoisotopic (exact) mass is 324 g/mol. The molecule has 0 bridgehead atoms. The topological polar surface area (TPSA) is 51.2 Å². The molecule has 5 heteroatoms. The Morgan fingerprint density at radius 1 is 1.13 bits per heavy atom. The number of benzene rings is 2. The van der Waals surface area contributed by atoms with Crippen LogP contribution in [0.25, 0.3) is 10.6 Å². The molecule has 0 aliphatic heterocycles. The molecule has 0 saturated carbocycles. The highest BCUT2D eigenvalue weighted by atomic mass is 32.1. The summed E-state index contributed by atoms with van der Waals surface area (Å²) < 4.78 is 5.52. The minimum Gasteiger partial charge on any atom is -0.492 e. The van der Waals surface area contributed by atoms with Gasteiger partial charge in [-0.25, -0.2) is 4.98 Å². The van der Waals surface area contributed by atoms with Crippen molar-refractivity contribution in [1.82, 2.24) is 4.98 Å². The van der Waals surface area contributed by atoms with Gasteiger partial charge in [0.05, 0.1) is 12.3 Å². The lowest BCUT2D eigenvalue weighted by atomic mass is 10.2. The molecule has 0 unspecified atom stereocenters. The number of amides is 1. The maximum absolute atomic E-state index is 12.4. The first kappa shape index (κ1) is 15.2. The Hall–Kier alpha value is -2.66. The summed E-state index contributed by atoms with van der Waals surface area (Å²) in [7, 11) is 0. The Labute approximate surface area is 138 Å². The summed E-state index contributed by atoms with van der Waals surface area (Å²) in [6, 6.07) is 17.2. The summed E-state index contributed by atoms with van der Waals surface area (Å²) in [5.74, 6) is 0.414. The van der Waals surface area contributed by atoms with Gasteiger partial charge in [-0.2, -0.15) is 0 Å². The summed E-state index contributed by atoms with van der Waals surface area (Å²) in [4.78, 5) is 16.8. The van der Waals surface area contributed by atoms with Crippen molar-refractivity contribution in [2.45, 2.75) is 6.92 Å². The van der Waals surface area contributed by atoms with Crippen LogP contribution in [0.5, 0.6) is 5.75 Å². The molecule has 0 saturated heterocycles. The van der Waals surface area contributed by atoms with Gasteiger partial charge in [0, 0.05) is 10.9 Å². The van der Waals surface area contributed by atoms with E-state index in [1.807, 2.05) is 61.5 Å². The number of aromatic nitrogens is 1. The maximum Gasteiger partial charge on any atom is 0.275 e. The van der Waals surface area contributed by atoms with E-state index < -0.39 is 0 Å². The Morgan fingerprint density at radius 3 is 2.65 bits per heavy atom. The third kappa shape index (κ3) is 3.57. The van der Waals surface area contributed by atoms with E-state index in [1.54, 1.807) is 5.38 Å². The van der Waals surface area contributed by atoms with Crippen molar-refractivity contribution in [3.63, 3.8) is 0 Å². The van der Waals surface area contributed by atoms with Gasteiger partial charge in [-0.15, -0.1) is 11.3 Å². The highest BCUT2D eigenvalue weighted by Crippen LogP contribution is 2.26. The number of anilines is 1. The van der Waals surface area contributed by atoms with E-state index in [-0.39, 0.29) is 5.91 Å². The number of thiazole rings is 1. The van der Waals surface area contributed by atoms with E-state index in [0.29, 0.717) is 23.7 Å². The zero-order valence-corrected chi connectivity index (χ0v) is 13.5. The molecule has 0 aliphatic rings. The molecule has 23 heavy (non-hydrogen) atoms.